The van der Waals surface area contributed by atoms with Gasteiger partial charge in [0.15, 0.2) is 0 Å². The largest absolute Gasteiger partial charge is 0.481 e. The van der Waals surface area contributed by atoms with Crippen LogP contribution in [0.1, 0.15) is 12.0 Å². The molecule has 17 heavy (non-hydrogen) atoms. The Balaban J connectivity index is 2.96. The molecule has 1 rings (SSSR count). The van der Waals surface area contributed by atoms with Crippen molar-refractivity contribution in [3.05, 3.63) is 29.8 Å². The molecule has 0 aliphatic carbocycles. The average molecular weight is 257 g/mol. The Morgan fingerprint density at radius 2 is 1.94 bits per heavy atom. The van der Waals surface area contributed by atoms with E-state index in [4.69, 9.17) is 5.11 Å². The second kappa shape index (κ2) is 5.29. The van der Waals surface area contributed by atoms with Gasteiger partial charge in [-0.15, -0.1) is 0 Å². The molecule has 94 valence electrons. The Labute approximate surface area is 101 Å². The summed E-state index contributed by atoms with van der Waals surface area (Å²) in [4.78, 5) is 10.6. The Morgan fingerprint density at radius 1 is 1.35 bits per heavy atom. The first-order valence-electron chi connectivity index (χ1n) is 5.09. The molecule has 0 aromatic heterocycles. The summed E-state index contributed by atoms with van der Waals surface area (Å²) >= 11 is 0. The lowest BCUT2D eigenvalue weighted by atomic mass is 10.2. The van der Waals surface area contributed by atoms with Crippen LogP contribution in [-0.4, -0.2) is 37.4 Å². The third kappa shape index (κ3) is 3.28. The minimum Gasteiger partial charge on any atom is -0.481 e. The highest BCUT2D eigenvalue weighted by molar-refractivity contribution is 7.89. The van der Waals surface area contributed by atoms with Gasteiger partial charge in [-0.25, -0.2) is 12.7 Å². The maximum absolute atomic E-state index is 12.1. The number of aliphatic carboxylic acids is 1. The first kappa shape index (κ1) is 13.7. The maximum atomic E-state index is 12.1. The van der Waals surface area contributed by atoms with Crippen molar-refractivity contribution in [1.82, 2.24) is 4.31 Å². The van der Waals surface area contributed by atoms with Gasteiger partial charge in [-0.3, -0.25) is 4.79 Å². The number of carbonyl (C=O) groups is 1. The number of carboxylic acids is 1. The summed E-state index contributed by atoms with van der Waals surface area (Å²) in [5, 5.41) is 8.53. The minimum absolute atomic E-state index is 0.0357. The molecular weight excluding hydrogens is 242 g/mol. The molecule has 0 radical (unpaired) electrons. The van der Waals surface area contributed by atoms with E-state index in [0.29, 0.717) is 5.56 Å². The highest BCUT2D eigenvalue weighted by Crippen LogP contribution is 2.18. The minimum atomic E-state index is -3.60. The van der Waals surface area contributed by atoms with Crippen LogP contribution in [0.5, 0.6) is 0 Å². The summed E-state index contributed by atoms with van der Waals surface area (Å²) in [5.41, 5.74) is 0.648. The highest BCUT2D eigenvalue weighted by atomic mass is 32.2. The van der Waals surface area contributed by atoms with E-state index in [1.165, 1.54) is 13.1 Å². The summed E-state index contributed by atoms with van der Waals surface area (Å²) < 4.78 is 25.3. The number of rotatable bonds is 5. The maximum Gasteiger partial charge on any atom is 0.304 e. The third-order valence-electron chi connectivity index (χ3n) is 2.42. The monoisotopic (exact) mass is 257 g/mol. The van der Waals surface area contributed by atoms with E-state index >= 15 is 0 Å². The molecule has 1 N–H and O–H groups in total. The fourth-order valence-corrected chi connectivity index (χ4v) is 2.78. The predicted octanol–water partition coefficient (Wildman–Crippen LogP) is 1.09. The van der Waals surface area contributed by atoms with E-state index in [9.17, 15) is 13.2 Å². The fraction of sp³-hybridized carbons (Fsp3) is 0.364. The van der Waals surface area contributed by atoms with Crippen LogP contribution in [0, 0.1) is 6.92 Å². The van der Waals surface area contributed by atoms with Gasteiger partial charge in [-0.1, -0.05) is 18.2 Å². The van der Waals surface area contributed by atoms with Crippen molar-refractivity contribution in [3.63, 3.8) is 0 Å². The SMILES string of the molecule is Cc1ccccc1S(=O)(=O)N(C)CCC(=O)O. The number of nitrogens with zero attached hydrogens (tertiary/aromatic N) is 1. The molecule has 0 fully saturated rings. The molecule has 0 heterocycles. The first-order chi connectivity index (χ1) is 7.85. The van der Waals surface area contributed by atoms with E-state index in [1.807, 2.05) is 0 Å². The van der Waals surface area contributed by atoms with Gasteiger partial charge < -0.3 is 5.11 Å². The van der Waals surface area contributed by atoms with Gasteiger partial charge in [-0.05, 0) is 18.6 Å². The summed E-state index contributed by atoms with van der Waals surface area (Å²) in [6, 6.07) is 6.62. The molecule has 0 unspecified atom stereocenters. The second-order valence-corrected chi connectivity index (χ2v) is 5.75. The second-order valence-electron chi connectivity index (χ2n) is 3.74. The van der Waals surface area contributed by atoms with Crippen LogP contribution in [0.2, 0.25) is 0 Å². The molecule has 0 aliphatic heterocycles. The number of benzene rings is 1. The third-order valence-corrected chi connectivity index (χ3v) is 4.44. The number of aryl methyl sites for hydroxylation is 1. The number of carboxylic acid groups (broad SMARTS) is 1. The van der Waals surface area contributed by atoms with Gasteiger partial charge in [0.1, 0.15) is 0 Å². The zero-order chi connectivity index (χ0) is 13.1. The normalized spacial score (nSPS) is 11.7. The van der Waals surface area contributed by atoms with Crippen LogP contribution in [0.4, 0.5) is 0 Å². The zero-order valence-corrected chi connectivity index (χ0v) is 10.6. The van der Waals surface area contributed by atoms with Crippen LogP contribution in [0.3, 0.4) is 0 Å². The van der Waals surface area contributed by atoms with Crippen molar-refractivity contribution in [2.45, 2.75) is 18.2 Å². The predicted molar refractivity (Wildman–Crippen MR) is 63.2 cm³/mol. The van der Waals surface area contributed by atoms with Gasteiger partial charge in [0.05, 0.1) is 11.3 Å². The van der Waals surface area contributed by atoms with Gasteiger partial charge in [0.2, 0.25) is 10.0 Å². The Hall–Kier alpha value is -1.40. The van der Waals surface area contributed by atoms with E-state index in [1.54, 1.807) is 25.1 Å². The Kier molecular flexibility index (Phi) is 4.25. The molecule has 1 aromatic rings. The van der Waals surface area contributed by atoms with Crippen molar-refractivity contribution >= 4 is 16.0 Å². The van der Waals surface area contributed by atoms with Crippen molar-refractivity contribution < 1.29 is 18.3 Å². The van der Waals surface area contributed by atoms with Crippen LogP contribution in [0.25, 0.3) is 0 Å². The Bertz CT molecular complexity index is 510. The van der Waals surface area contributed by atoms with E-state index < -0.39 is 16.0 Å². The molecule has 0 atom stereocenters. The number of hydrogen-bond acceptors (Lipinski definition) is 3. The van der Waals surface area contributed by atoms with Gasteiger partial charge in [0, 0.05) is 13.6 Å². The molecule has 0 amide bonds. The molecule has 1 aromatic carbocycles. The van der Waals surface area contributed by atoms with E-state index in [2.05, 4.69) is 0 Å². The van der Waals surface area contributed by atoms with Crippen molar-refractivity contribution in [2.24, 2.45) is 0 Å². The molecule has 0 aliphatic rings. The number of sulfonamides is 1. The van der Waals surface area contributed by atoms with Crippen LogP contribution < -0.4 is 0 Å². The molecule has 0 saturated heterocycles. The lowest BCUT2D eigenvalue weighted by molar-refractivity contribution is -0.137. The van der Waals surface area contributed by atoms with E-state index in [-0.39, 0.29) is 17.9 Å². The topological polar surface area (TPSA) is 74.7 Å². The van der Waals surface area contributed by atoms with Crippen LogP contribution in [0.15, 0.2) is 29.2 Å². The van der Waals surface area contributed by atoms with Crippen molar-refractivity contribution in [3.8, 4) is 0 Å². The average Bonchev–Trinajstić information content (AvgIpc) is 2.26. The van der Waals surface area contributed by atoms with Crippen LogP contribution >= 0.6 is 0 Å². The van der Waals surface area contributed by atoms with Gasteiger partial charge in [0.25, 0.3) is 0 Å². The number of hydrogen-bond donors (Lipinski definition) is 1. The smallest absolute Gasteiger partial charge is 0.304 e. The zero-order valence-electron chi connectivity index (χ0n) is 9.75. The van der Waals surface area contributed by atoms with Crippen molar-refractivity contribution in [2.75, 3.05) is 13.6 Å². The first-order valence-corrected chi connectivity index (χ1v) is 6.53. The molecule has 0 saturated carbocycles. The fourth-order valence-electron chi connectivity index (χ4n) is 1.39. The standard InChI is InChI=1S/C11H15NO4S/c1-9-5-3-4-6-10(9)17(15,16)12(2)8-7-11(13)14/h3-6H,7-8H2,1-2H3,(H,13,14). The molecule has 5 nitrogen and oxygen atoms in total. The van der Waals surface area contributed by atoms with Gasteiger partial charge in [-0.2, -0.15) is 0 Å². The molecular formula is C11H15NO4S. The molecule has 6 heteroatoms. The van der Waals surface area contributed by atoms with Gasteiger partial charge >= 0.3 is 5.97 Å². The van der Waals surface area contributed by atoms with Crippen molar-refractivity contribution in [1.29, 1.82) is 0 Å². The molecule has 0 bridgehead atoms. The lowest BCUT2D eigenvalue weighted by Gasteiger charge is -2.17. The quantitative estimate of drug-likeness (QED) is 0.856. The Morgan fingerprint density at radius 3 is 2.47 bits per heavy atom. The summed E-state index contributed by atoms with van der Waals surface area (Å²) in [5.74, 6) is -1.02. The van der Waals surface area contributed by atoms with Crippen LogP contribution in [-0.2, 0) is 14.8 Å². The lowest BCUT2D eigenvalue weighted by Crippen LogP contribution is -2.29. The highest BCUT2D eigenvalue weighted by Gasteiger charge is 2.22. The summed E-state index contributed by atoms with van der Waals surface area (Å²) in [6.45, 7) is 1.67. The summed E-state index contributed by atoms with van der Waals surface area (Å²) in [6.07, 6.45) is -0.207. The molecule has 0 spiro atoms. The summed E-state index contributed by atoms with van der Waals surface area (Å²) in [7, 11) is -2.22. The van der Waals surface area contributed by atoms with E-state index in [0.717, 1.165) is 4.31 Å².